The zero-order chi connectivity index (χ0) is 20.0. The van der Waals surface area contributed by atoms with Crippen molar-refractivity contribution in [2.45, 2.75) is 18.8 Å². The minimum Gasteiger partial charge on any atom is -0.394 e. The maximum absolute atomic E-state index is 12.5. The Labute approximate surface area is 190 Å². The normalized spacial score (nSPS) is 13.2. The molecule has 2 atom stereocenters. The summed E-state index contributed by atoms with van der Waals surface area (Å²) in [7, 11) is 0. The number of hydrogen-bond donors (Lipinski definition) is 7. The molecule has 0 aliphatic carbocycles. The van der Waals surface area contributed by atoms with E-state index in [-0.39, 0.29) is 17.8 Å². The summed E-state index contributed by atoms with van der Waals surface area (Å²) < 4.78 is 1.32. The fourth-order valence-electron chi connectivity index (χ4n) is 1.82. The third kappa shape index (κ3) is 5.82. The van der Waals surface area contributed by atoms with Crippen LogP contribution in [-0.2, 0) is 11.4 Å². The molecule has 0 heterocycles. The molecule has 0 radical (unpaired) electrons. The topological polar surface area (TPSA) is 159 Å². The predicted octanol–water partition coefficient (Wildman–Crippen LogP) is -0.633. The number of amides is 2. The second-order valence-electron chi connectivity index (χ2n) is 5.06. The van der Waals surface area contributed by atoms with E-state index in [9.17, 15) is 24.9 Å². The molecule has 12 heteroatoms. The Balaban J connectivity index is 3.36. The van der Waals surface area contributed by atoms with E-state index in [1.807, 2.05) is 67.8 Å². The first kappa shape index (κ1) is 24.2. The van der Waals surface area contributed by atoms with Crippen molar-refractivity contribution in [2.24, 2.45) is 0 Å². The molecule has 1 rings (SSSR count). The van der Waals surface area contributed by atoms with Crippen LogP contribution >= 0.6 is 67.8 Å². The molecule has 9 nitrogen and oxygen atoms in total. The van der Waals surface area contributed by atoms with Crippen LogP contribution < -0.4 is 10.6 Å². The molecule has 2 unspecified atom stereocenters. The third-order valence-electron chi connectivity index (χ3n) is 3.23. The molecule has 0 spiro atoms. The van der Waals surface area contributed by atoms with Gasteiger partial charge in [0, 0.05) is 19.2 Å². The Morgan fingerprint density at radius 2 is 1.58 bits per heavy atom. The second-order valence-corrected chi connectivity index (χ2v) is 8.30. The van der Waals surface area contributed by atoms with Crippen LogP contribution in [0.15, 0.2) is 0 Å². The molecule has 0 aliphatic rings. The predicted molar refractivity (Wildman–Crippen MR) is 118 cm³/mol. The summed E-state index contributed by atoms with van der Waals surface area (Å²) in [6.07, 6.45) is -2.75. The van der Waals surface area contributed by atoms with Gasteiger partial charge < -0.3 is 36.2 Å². The number of anilines is 1. The fraction of sp³-hybridized carbons (Fsp3) is 0.429. The van der Waals surface area contributed by atoms with Crippen molar-refractivity contribution in [3.05, 3.63) is 21.8 Å². The van der Waals surface area contributed by atoms with Crippen LogP contribution in [0.4, 0.5) is 5.69 Å². The minimum atomic E-state index is -1.63. The van der Waals surface area contributed by atoms with E-state index < -0.39 is 43.8 Å². The number of carbonyl (C=O) groups excluding carboxylic acids is 2. The van der Waals surface area contributed by atoms with Gasteiger partial charge in [-0.1, -0.05) is 0 Å². The number of rotatable bonds is 8. The first-order valence-corrected chi connectivity index (χ1v) is 10.4. The van der Waals surface area contributed by atoms with Gasteiger partial charge in [-0.05, 0) is 67.8 Å². The smallest absolute Gasteiger partial charge is 0.255 e. The highest BCUT2D eigenvalue weighted by Crippen LogP contribution is 2.35. The lowest BCUT2D eigenvalue weighted by atomic mass is 10.1. The number of halogens is 3. The highest BCUT2D eigenvalue weighted by atomic mass is 127. The van der Waals surface area contributed by atoms with Crippen LogP contribution in [0.5, 0.6) is 0 Å². The quantitative estimate of drug-likeness (QED) is 0.178. The highest BCUT2D eigenvalue weighted by Gasteiger charge is 2.26. The maximum atomic E-state index is 12.5. The van der Waals surface area contributed by atoms with E-state index in [2.05, 4.69) is 10.6 Å². The number of hydrogen-bond acceptors (Lipinski definition) is 7. The van der Waals surface area contributed by atoms with Gasteiger partial charge in [0.15, 0.2) is 6.10 Å². The number of carbonyl (C=O) groups is 2. The molecule has 0 fully saturated rings. The summed E-state index contributed by atoms with van der Waals surface area (Å²) >= 11 is 5.66. The molecule has 0 saturated heterocycles. The lowest BCUT2D eigenvalue weighted by Gasteiger charge is -2.20. The average molecular weight is 706 g/mol. The first-order chi connectivity index (χ1) is 12.2. The SMILES string of the molecule is O=C(NCC(O)CO)c1c(I)c(CO)c(I)c(NC(=O)C(O)CO)c1I. The molecule has 2 amide bonds. The van der Waals surface area contributed by atoms with Gasteiger partial charge in [-0.25, -0.2) is 0 Å². The third-order valence-corrected chi connectivity index (χ3v) is 6.69. The van der Waals surface area contributed by atoms with Crippen molar-refractivity contribution in [2.75, 3.05) is 25.1 Å². The Hall–Kier alpha value is 0.150. The molecule has 26 heavy (non-hydrogen) atoms. The van der Waals surface area contributed by atoms with E-state index in [0.29, 0.717) is 16.3 Å². The van der Waals surface area contributed by atoms with Gasteiger partial charge in [-0.2, -0.15) is 0 Å². The summed E-state index contributed by atoms with van der Waals surface area (Å²) in [6.45, 7) is -1.84. The largest absolute Gasteiger partial charge is 0.394 e. The number of aliphatic hydroxyl groups is 5. The number of nitrogens with one attached hydrogen (secondary N) is 2. The average Bonchev–Trinajstić information content (AvgIpc) is 2.62. The minimum absolute atomic E-state index is 0.174. The molecule has 0 saturated carbocycles. The summed E-state index contributed by atoms with van der Waals surface area (Å²) in [5, 5.41) is 51.1. The molecule has 0 aromatic heterocycles. The van der Waals surface area contributed by atoms with Gasteiger partial charge in [-0.15, -0.1) is 0 Å². The van der Waals surface area contributed by atoms with Crippen LogP contribution in [0.25, 0.3) is 0 Å². The van der Waals surface area contributed by atoms with Gasteiger partial charge in [-0.3, -0.25) is 9.59 Å². The van der Waals surface area contributed by atoms with Crippen LogP contribution in [0.2, 0.25) is 0 Å². The van der Waals surface area contributed by atoms with Crippen LogP contribution in [0, 0.1) is 10.7 Å². The van der Waals surface area contributed by atoms with Gasteiger partial charge >= 0.3 is 0 Å². The number of benzene rings is 1. The van der Waals surface area contributed by atoms with Crippen molar-refractivity contribution < 1.29 is 35.1 Å². The van der Waals surface area contributed by atoms with E-state index in [4.69, 9.17) is 10.2 Å². The summed E-state index contributed by atoms with van der Waals surface area (Å²) in [5.41, 5.74) is 0.809. The van der Waals surface area contributed by atoms with E-state index in [0.717, 1.165) is 0 Å². The fourth-order valence-corrected chi connectivity index (χ4v) is 6.08. The van der Waals surface area contributed by atoms with Crippen LogP contribution in [0.1, 0.15) is 15.9 Å². The monoisotopic (exact) mass is 706 g/mol. The van der Waals surface area contributed by atoms with Crippen molar-refractivity contribution in [1.29, 1.82) is 0 Å². The van der Waals surface area contributed by atoms with Crippen LogP contribution in [-0.4, -0.2) is 69.3 Å². The highest BCUT2D eigenvalue weighted by molar-refractivity contribution is 14.1. The maximum Gasteiger partial charge on any atom is 0.255 e. The van der Waals surface area contributed by atoms with Crippen molar-refractivity contribution in [3.8, 4) is 0 Å². The Morgan fingerprint density at radius 3 is 2.08 bits per heavy atom. The molecule has 146 valence electrons. The molecule has 1 aromatic carbocycles. The molecular formula is C14H17I3N2O7. The second kappa shape index (κ2) is 11.2. The van der Waals surface area contributed by atoms with Crippen molar-refractivity contribution >= 4 is 85.3 Å². The van der Waals surface area contributed by atoms with Crippen molar-refractivity contribution in [1.82, 2.24) is 5.32 Å². The standard InChI is InChI=1S/C14H17I3N2O7/c15-9-6(3-21)10(16)12(19-13(25)7(24)4-22)11(17)8(9)14(26)18-1-5(23)2-20/h5,7,20-24H,1-4H2,(H,18,26)(H,19,25). The van der Waals surface area contributed by atoms with Gasteiger partial charge in [0.2, 0.25) is 0 Å². The number of aliphatic hydroxyl groups excluding tert-OH is 5. The summed E-state index contributed by atoms with van der Waals surface area (Å²) in [4.78, 5) is 24.4. The molecular weight excluding hydrogens is 689 g/mol. The Bertz CT molecular complexity index is 687. The van der Waals surface area contributed by atoms with E-state index in [1.165, 1.54) is 0 Å². The first-order valence-electron chi connectivity index (χ1n) is 7.16. The lowest BCUT2D eigenvalue weighted by Crippen LogP contribution is -2.35. The Kier molecular flexibility index (Phi) is 10.4. The summed E-state index contributed by atoms with van der Waals surface area (Å²) in [6, 6.07) is 0. The van der Waals surface area contributed by atoms with E-state index in [1.54, 1.807) is 0 Å². The van der Waals surface area contributed by atoms with Gasteiger partial charge in [0.05, 0.1) is 40.7 Å². The van der Waals surface area contributed by atoms with Gasteiger partial charge in [0.1, 0.15) is 0 Å². The van der Waals surface area contributed by atoms with E-state index >= 15 is 0 Å². The zero-order valence-corrected chi connectivity index (χ0v) is 19.6. The van der Waals surface area contributed by atoms with Crippen LogP contribution in [0.3, 0.4) is 0 Å². The molecule has 1 aromatic rings. The zero-order valence-electron chi connectivity index (χ0n) is 13.2. The lowest BCUT2D eigenvalue weighted by molar-refractivity contribution is -0.125. The molecule has 0 aliphatic heterocycles. The van der Waals surface area contributed by atoms with Gasteiger partial charge in [0.25, 0.3) is 11.8 Å². The van der Waals surface area contributed by atoms with Crippen molar-refractivity contribution in [3.63, 3.8) is 0 Å². The molecule has 0 bridgehead atoms. The Morgan fingerprint density at radius 1 is 0.962 bits per heavy atom. The molecule has 7 N–H and O–H groups in total. The summed E-state index contributed by atoms with van der Waals surface area (Å²) in [5.74, 6) is -1.41.